The SMILES string of the molecule is CC(C)Oc1ccc(/C=N\n2c(=S)[nH]nc(C(C)(C)C)c2=O)cc1Br. The molecule has 134 valence electrons. The molecule has 8 heteroatoms. The van der Waals surface area contributed by atoms with E-state index in [9.17, 15) is 4.79 Å². The maximum atomic E-state index is 12.6. The maximum Gasteiger partial charge on any atom is 0.297 e. The molecular formula is C17H21BrN4O2S. The van der Waals surface area contributed by atoms with E-state index in [1.165, 1.54) is 0 Å². The Morgan fingerprint density at radius 3 is 2.64 bits per heavy atom. The molecule has 1 heterocycles. The number of H-pyrrole nitrogens is 1. The molecule has 1 aromatic heterocycles. The monoisotopic (exact) mass is 424 g/mol. The van der Waals surface area contributed by atoms with Gasteiger partial charge in [-0.2, -0.15) is 14.9 Å². The first-order valence-electron chi connectivity index (χ1n) is 7.82. The lowest BCUT2D eigenvalue weighted by atomic mass is 9.93. The largest absolute Gasteiger partial charge is 0.490 e. The van der Waals surface area contributed by atoms with Crippen LogP contribution in [0.4, 0.5) is 0 Å². The van der Waals surface area contributed by atoms with Gasteiger partial charge in [0.25, 0.3) is 5.56 Å². The molecule has 0 bridgehead atoms. The van der Waals surface area contributed by atoms with Crippen LogP contribution >= 0.6 is 28.1 Å². The number of ether oxygens (including phenoxy) is 1. The molecule has 2 rings (SSSR count). The van der Waals surface area contributed by atoms with Crippen LogP contribution in [0.5, 0.6) is 5.75 Å². The van der Waals surface area contributed by atoms with Gasteiger partial charge in [0, 0.05) is 5.41 Å². The molecule has 0 radical (unpaired) electrons. The van der Waals surface area contributed by atoms with Crippen LogP contribution in [0, 0.1) is 4.77 Å². The van der Waals surface area contributed by atoms with Crippen molar-refractivity contribution in [2.75, 3.05) is 0 Å². The topological polar surface area (TPSA) is 72.3 Å². The van der Waals surface area contributed by atoms with E-state index < -0.39 is 5.41 Å². The van der Waals surface area contributed by atoms with E-state index in [1.54, 1.807) is 6.21 Å². The summed E-state index contributed by atoms with van der Waals surface area (Å²) in [7, 11) is 0. The Kier molecular flexibility index (Phi) is 5.95. The maximum absolute atomic E-state index is 12.6. The molecule has 0 aliphatic rings. The molecule has 0 unspecified atom stereocenters. The zero-order chi connectivity index (χ0) is 18.8. The van der Waals surface area contributed by atoms with E-state index in [0.717, 1.165) is 20.5 Å². The highest BCUT2D eigenvalue weighted by molar-refractivity contribution is 9.10. The van der Waals surface area contributed by atoms with Crippen LogP contribution < -0.4 is 10.3 Å². The third kappa shape index (κ3) is 4.85. The van der Waals surface area contributed by atoms with Gasteiger partial charge in [-0.15, -0.1) is 0 Å². The minimum absolute atomic E-state index is 0.0837. The van der Waals surface area contributed by atoms with Gasteiger partial charge in [0.05, 0.1) is 16.8 Å². The summed E-state index contributed by atoms with van der Waals surface area (Å²) in [6.07, 6.45) is 1.65. The fourth-order valence-electron chi connectivity index (χ4n) is 2.06. The van der Waals surface area contributed by atoms with Crippen molar-refractivity contribution in [3.05, 3.63) is 49.1 Å². The highest BCUT2D eigenvalue weighted by Crippen LogP contribution is 2.26. The van der Waals surface area contributed by atoms with Crippen molar-refractivity contribution in [1.29, 1.82) is 0 Å². The summed E-state index contributed by atoms with van der Waals surface area (Å²) in [5, 5.41) is 11.0. The van der Waals surface area contributed by atoms with Gasteiger partial charge in [0.15, 0.2) is 0 Å². The van der Waals surface area contributed by atoms with E-state index >= 15 is 0 Å². The number of halogens is 1. The molecule has 2 aromatic rings. The van der Waals surface area contributed by atoms with Gasteiger partial charge in [-0.05, 0) is 65.8 Å². The number of rotatable bonds is 4. The first-order valence-corrected chi connectivity index (χ1v) is 9.02. The molecule has 0 saturated carbocycles. The molecule has 6 nitrogen and oxygen atoms in total. The zero-order valence-electron chi connectivity index (χ0n) is 14.8. The Labute approximate surface area is 160 Å². The molecule has 25 heavy (non-hydrogen) atoms. The van der Waals surface area contributed by atoms with Crippen LogP contribution in [-0.4, -0.2) is 27.2 Å². The second-order valence-corrected chi connectivity index (χ2v) is 8.09. The van der Waals surface area contributed by atoms with Crippen LogP contribution in [0.15, 0.2) is 32.6 Å². The summed E-state index contributed by atoms with van der Waals surface area (Å²) in [5.74, 6) is 0.750. The van der Waals surface area contributed by atoms with Gasteiger partial charge in [-0.3, -0.25) is 9.89 Å². The van der Waals surface area contributed by atoms with Gasteiger partial charge in [0.1, 0.15) is 11.4 Å². The third-order valence-electron chi connectivity index (χ3n) is 3.20. The lowest BCUT2D eigenvalue weighted by Gasteiger charge is -2.16. The van der Waals surface area contributed by atoms with Gasteiger partial charge in [-0.25, -0.2) is 0 Å². The first-order chi connectivity index (χ1) is 11.6. The Hall–Kier alpha value is -1.80. The van der Waals surface area contributed by atoms with Crippen molar-refractivity contribution in [3.8, 4) is 5.75 Å². The number of hydrogen-bond acceptors (Lipinski definition) is 5. The first kappa shape index (κ1) is 19.5. The Morgan fingerprint density at radius 1 is 1.40 bits per heavy atom. The average Bonchev–Trinajstić information content (AvgIpc) is 2.48. The molecule has 0 fully saturated rings. The van der Waals surface area contributed by atoms with Crippen molar-refractivity contribution in [3.63, 3.8) is 0 Å². The molecule has 1 aromatic carbocycles. The summed E-state index contributed by atoms with van der Waals surface area (Å²) < 4.78 is 7.78. The van der Waals surface area contributed by atoms with E-state index in [4.69, 9.17) is 17.0 Å². The van der Waals surface area contributed by atoms with Crippen molar-refractivity contribution in [2.45, 2.75) is 46.1 Å². The van der Waals surface area contributed by atoms with Gasteiger partial charge in [-0.1, -0.05) is 20.8 Å². The number of benzene rings is 1. The van der Waals surface area contributed by atoms with Crippen molar-refractivity contribution < 1.29 is 4.74 Å². The lowest BCUT2D eigenvalue weighted by Crippen LogP contribution is -2.32. The summed E-state index contributed by atoms with van der Waals surface area (Å²) in [6, 6.07) is 5.57. The van der Waals surface area contributed by atoms with Gasteiger partial charge >= 0.3 is 0 Å². The Morgan fingerprint density at radius 2 is 2.08 bits per heavy atom. The molecule has 1 N–H and O–H groups in total. The highest BCUT2D eigenvalue weighted by atomic mass is 79.9. The second-order valence-electron chi connectivity index (χ2n) is 6.85. The van der Waals surface area contributed by atoms with Crippen LogP contribution in [0.3, 0.4) is 0 Å². The predicted molar refractivity (Wildman–Crippen MR) is 105 cm³/mol. The lowest BCUT2D eigenvalue weighted by molar-refractivity contribution is 0.241. The molecule has 0 aliphatic heterocycles. The van der Waals surface area contributed by atoms with Crippen LogP contribution in [-0.2, 0) is 5.41 Å². The smallest absolute Gasteiger partial charge is 0.297 e. The van der Waals surface area contributed by atoms with Crippen molar-refractivity contribution >= 4 is 34.4 Å². The number of nitrogens with zero attached hydrogens (tertiary/aromatic N) is 3. The van der Waals surface area contributed by atoms with Crippen LogP contribution in [0.1, 0.15) is 45.9 Å². The van der Waals surface area contributed by atoms with E-state index in [0.29, 0.717) is 5.69 Å². The summed E-state index contributed by atoms with van der Waals surface area (Å²) in [4.78, 5) is 12.6. The number of aromatic nitrogens is 3. The molecule has 0 spiro atoms. The van der Waals surface area contributed by atoms with Crippen molar-refractivity contribution in [2.24, 2.45) is 5.10 Å². The number of hydrogen-bond donors (Lipinski definition) is 1. The van der Waals surface area contributed by atoms with Crippen molar-refractivity contribution in [1.82, 2.24) is 14.9 Å². The summed E-state index contributed by atoms with van der Waals surface area (Å²) in [5.41, 5.74) is 0.442. The normalized spacial score (nSPS) is 12.1. The molecule has 0 atom stereocenters. The number of nitrogens with one attached hydrogen (secondary N) is 1. The van der Waals surface area contributed by atoms with E-state index in [-0.39, 0.29) is 16.4 Å². The molecule has 0 saturated heterocycles. The highest BCUT2D eigenvalue weighted by Gasteiger charge is 2.21. The van der Waals surface area contributed by atoms with E-state index in [1.807, 2.05) is 52.8 Å². The van der Waals surface area contributed by atoms with Crippen LogP contribution in [0.2, 0.25) is 0 Å². The predicted octanol–water partition coefficient (Wildman–Crippen LogP) is 4.03. The summed E-state index contributed by atoms with van der Waals surface area (Å²) >= 11 is 8.61. The third-order valence-corrected chi connectivity index (χ3v) is 4.09. The fraction of sp³-hybridized carbons (Fsp3) is 0.412. The molecular weight excluding hydrogens is 404 g/mol. The zero-order valence-corrected chi connectivity index (χ0v) is 17.2. The summed E-state index contributed by atoms with van der Waals surface area (Å²) in [6.45, 7) is 9.66. The number of aromatic amines is 1. The second kappa shape index (κ2) is 7.61. The quantitative estimate of drug-likeness (QED) is 0.593. The Balaban J connectivity index is 2.39. The molecule has 0 amide bonds. The Bertz CT molecular complexity index is 910. The molecule has 0 aliphatic carbocycles. The minimum Gasteiger partial charge on any atom is -0.490 e. The minimum atomic E-state index is -0.410. The van der Waals surface area contributed by atoms with Crippen LogP contribution in [0.25, 0.3) is 0 Å². The van der Waals surface area contributed by atoms with Gasteiger partial charge < -0.3 is 4.74 Å². The van der Waals surface area contributed by atoms with E-state index in [2.05, 4.69) is 31.2 Å². The standard InChI is InChI=1S/C17H21BrN4O2S/c1-10(2)24-13-7-6-11(8-12(13)18)9-19-22-15(23)14(17(3,4)5)20-21-16(22)25/h6-10H,1-5H3,(H,21,25)/b19-9-. The average molecular weight is 425 g/mol. The van der Waals surface area contributed by atoms with Gasteiger partial charge in [0.2, 0.25) is 4.77 Å². The fourth-order valence-corrected chi connectivity index (χ4v) is 2.72.